The van der Waals surface area contributed by atoms with Gasteiger partial charge >= 0.3 is 0 Å². The van der Waals surface area contributed by atoms with Crippen LogP contribution in [0.2, 0.25) is 0 Å². The second-order valence-electron chi connectivity index (χ2n) is 4.60. The molecule has 15 heavy (non-hydrogen) atoms. The van der Waals surface area contributed by atoms with Crippen molar-refractivity contribution in [3.63, 3.8) is 0 Å². The fourth-order valence-electron chi connectivity index (χ4n) is 2.39. The van der Waals surface area contributed by atoms with Gasteiger partial charge in [-0.2, -0.15) is 0 Å². The Hall–Kier alpha value is -0.450. The predicted octanol–water partition coefficient (Wildman–Crippen LogP) is 1.60. The van der Waals surface area contributed by atoms with Gasteiger partial charge in [0.25, 0.3) is 0 Å². The van der Waals surface area contributed by atoms with Gasteiger partial charge in [0.15, 0.2) is 0 Å². The van der Waals surface area contributed by atoms with Crippen molar-refractivity contribution >= 4 is 11.3 Å². The molecule has 1 unspecified atom stereocenters. The van der Waals surface area contributed by atoms with Crippen molar-refractivity contribution in [2.45, 2.75) is 24.8 Å². The van der Waals surface area contributed by atoms with Crippen molar-refractivity contribution in [1.29, 1.82) is 0 Å². The molecule has 2 saturated heterocycles. The molecule has 0 amide bonds. The summed E-state index contributed by atoms with van der Waals surface area (Å²) in [6.07, 6.45) is 2.60. The van der Waals surface area contributed by atoms with Crippen LogP contribution in [0.3, 0.4) is 0 Å². The molecule has 1 N–H and O–H groups in total. The highest BCUT2D eigenvalue weighted by Crippen LogP contribution is 2.33. The molecule has 2 aliphatic heterocycles. The van der Waals surface area contributed by atoms with E-state index in [0.29, 0.717) is 12.0 Å². The summed E-state index contributed by atoms with van der Waals surface area (Å²) in [7, 11) is 2.21. The van der Waals surface area contributed by atoms with Gasteiger partial charge in [0.1, 0.15) is 0 Å². The number of thiazole rings is 1. The van der Waals surface area contributed by atoms with Gasteiger partial charge < -0.3 is 5.32 Å². The standard InChI is InChI=1S/C11H17N3S/c1-14-4-2-3-10(14)9-7-15-11(13-9)8-5-12-6-8/h7-8,10,12H,2-6H2,1H3. The summed E-state index contributed by atoms with van der Waals surface area (Å²) in [6.45, 7) is 3.46. The lowest BCUT2D eigenvalue weighted by atomic mass is 10.1. The first-order valence-corrected chi connectivity index (χ1v) is 6.59. The van der Waals surface area contributed by atoms with Crippen LogP contribution in [-0.4, -0.2) is 36.6 Å². The number of hydrogen-bond donors (Lipinski definition) is 1. The number of hydrogen-bond acceptors (Lipinski definition) is 4. The minimum absolute atomic E-state index is 0.586. The van der Waals surface area contributed by atoms with E-state index in [2.05, 4.69) is 22.6 Å². The van der Waals surface area contributed by atoms with E-state index in [9.17, 15) is 0 Å². The highest BCUT2D eigenvalue weighted by molar-refractivity contribution is 7.09. The molecule has 0 aliphatic carbocycles. The van der Waals surface area contributed by atoms with Gasteiger partial charge in [0, 0.05) is 24.4 Å². The number of likely N-dealkylation sites (tertiary alicyclic amines) is 1. The minimum atomic E-state index is 0.586. The summed E-state index contributed by atoms with van der Waals surface area (Å²) in [5.74, 6) is 0.690. The highest BCUT2D eigenvalue weighted by Gasteiger charge is 2.27. The van der Waals surface area contributed by atoms with Crippen LogP contribution in [0.5, 0.6) is 0 Å². The zero-order valence-corrected chi connectivity index (χ0v) is 9.89. The Bertz CT molecular complexity index is 345. The Morgan fingerprint density at radius 3 is 3.00 bits per heavy atom. The monoisotopic (exact) mass is 223 g/mol. The van der Waals surface area contributed by atoms with Crippen LogP contribution in [0.25, 0.3) is 0 Å². The van der Waals surface area contributed by atoms with Crippen molar-refractivity contribution in [3.8, 4) is 0 Å². The topological polar surface area (TPSA) is 28.2 Å². The summed E-state index contributed by atoms with van der Waals surface area (Å²) in [4.78, 5) is 7.23. The lowest BCUT2D eigenvalue weighted by molar-refractivity contribution is 0.312. The fraction of sp³-hybridized carbons (Fsp3) is 0.727. The van der Waals surface area contributed by atoms with E-state index in [4.69, 9.17) is 4.98 Å². The third kappa shape index (κ3) is 1.71. The number of nitrogens with one attached hydrogen (secondary N) is 1. The normalized spacial score (nSPS) is 28.2. The molecule has 1 aromatic heterocycles. The molecule has 82 valence electrons. The quantitative estimate of drug-likeness (QED) is 0.825. The second kappa shape index (κ2) is 3.85. The summed E-state index contributed by atoms with van der Waals surface area (Å²) in [6, 6.07) is 0.586. The van der Waals surface area contributed by atoms with Gasteiger partial charge in [-0.1, -0.05) is 0 Å². The molecule has 2 fully saturated rings. The zero-order chi connectivity index (χ0) is 10.3. The summed E-state index contributed by atoms with van der Waals surface area (Å²) in [5.41, 5.74) is 1.31. The maximum absolute atomic E-state index is 4.80. The Morgan fingerprint density at radius 2 is 2.40 bits per heavy atom. The number of nitrogens with zero attached hydrogens (tertiary/aromatic N) is 2. The van der Waals surface area contributed by atoms with Crippen molar-refractivity contribution in [3.05, 3.63) is 16.1 Å². The van der Waals surface area contributed by atoms with E-state index < -0.39 is 0 Å². The van der Waals surface area contributed by atoms with Gasteiger partial charge in [-0.25, -0.2) is 4.98 Å². The average molecular weight is 223 g/mol. The molecule has 0 radical (unpaired) electrons. The van der Waals surface area contributed by atoms with Crippen LogP contribution in [0.4, 0.5) is 0 Å². The molecule has 0 saturated carbocycles. The summed E-state index contributed by atoms with van der Waals surface area (Å²) >= 11 is 1.84. The smallest absolute Gasteiger partial charge is 0.0985 e. The summed E-state index contributed by atoms with van der Waals surface area (Å²) in [5, 5.41) is 6.90. The minimum Gasteiger partial charge on any atom is -0.315 e. The zero-order valence-electron chi connectivity index (χ0n) is 9.07. The fourth-order valence-corrected chi connectivity index (χ4v) is 3.36. The Morgan fingerprint density at radius 1 is 1.53 bits per heavy atom. The first kappa shape index (κ1) is 9.75. The Labute approximate surface area is 94.5 Å². The van der Waals surface area contributed by atoms with E-state index in [1.165, 1.54) is 30.1 Å². The molecule has 3 heterocycles. The van der Waals surface area contributed by atoms with Crippen LogP contribution in [0.1, 0.15) is 35.5 Å². The third-order valence-corrected chi connectivity index (χ3v) is 4.56. The second-order valence-corrected chi connectivity index (χ2v) is 5.49. The van der Waals surface area contributed by atoms with E-state index in [1.807, 2.05) is 11.3 Å². The van der Waals surface area contributed by atoms with Crippen molar-refractivity contribution < 1.29 is 0 Å². The Kier molecular flexibility index (Phi) is 2.50. The van der Waals surface area contributed by atoms with Crippen LogP contribution >= 0.6 is 11.3 Å². The maximum Gasteiger partial charge on any atom is 0.0985 e. The van der Waals surface area contributed by atoms with E-state index in [-0.39, 0.29) is 0 Å². The molecule has 2 aliphatic rings. The van der Waals surface area contributed by atoms with Gasteiger partial charge in [-0.3, -0.25) is 4.90 Å². The summed E-state index contributed by atoms with van der Waals surface area (Å²) < 4.78 is 0. The lowest BCUT2D eigenvalue weighted by Crippen LogP contribution is -2.39. The molecule has 0 aromatic carbocycles. The molecule has 0 bridgehead atoms. The molecule has 3 nitrogen and oxygen atoms in total. The van der Waals surface area contributed by atoms with Crippen LogP contribution in [0, 0.1) is 0 Å². The first-order chi connectivity index (χ1) is 7.34. The predicted molar refractivity (Wildman–Crippen MR) is 62.3 cm³/mol. The van der Waals surface area contributed by atoms with E-state index in [0.717, 1.165) is 13.1 Å². The average Bonchev–Trinajstić information content (AvgIpc) is 2.70. The lowest BCUT2D eigenvalue weighted by Gasteiger charge is -2.24. The molecule has 1 aromatic rings. The maximum atomic E-state index is 4.80. The van der Waals surface area contributed by atoms with Crippen LogP contribution in [0.15, 0.2) is 5.38 Å². The number of aromatic nitrogens is 1. The van der Waals surface area contributed by atoms with Crippen LogP contribution < -0.4 is 5.32 Å². The van der Waals surface area contributed by atoms with E-state index in [1.54, 1.807) is 0 Å². The van der Waals surface area contributed by atoms with Gasteiger partial charge in [0.05, 0.1) is 16.7 Å². The van der Waals surface area contributed by atoms with Crippen molar-refractivity contribution in [2.75, 3.05) is 26.7 Å². The van der Waals surface area contributed by atoms with Gasteiger partial charge in [0.2, 0.25) is 0 Å². The molecular formula is C11H17N3S. The van der Waals surface area contributed by atoms with Crippen LogP contribution in [-0.2, 0) is 0 Å². The largest absolute Gasteiger partial charge is 0.315 e. The molecule has 4 heteroatoms. The van der Waals surface area contributed by atoms with Crippen molar-refractivity contribution in [2.24, 2.45) is 0 Å². The molecule has 1 atom stereocenters. The number of rotatable bonds is 2. The Balaban J connectivity index is 1.77. The molecular weight excluding hydrogens is 206 g/mol. The van der Waals surface area contributed by atoms with E-state index >= 15 is 0 Å². The van der Waals surface area contributed by atoms with Crippen molar-refractivity contribution in [1.82, 2.24) is 15.2 Å². The van der Waals surface area contributed by atoms with Gasteiger partial charge in [-0.15, -0.1) is 11.3 Å². The first-order valence-electron chi connectivity index (χ1n) is 5.71. The van der Waals surface area contributed by atoms with Gasteiger partial charge in [-0.05, 0) is 26.4 Å². The SMILES string of the molecule is CN1CCCC1c1csc(C2CNC2)n1. The third-order valence-electron chi connectivity index (χ3n) is 3.53. The molecule has 0 spiro atoms. The molecule has 3 rings (SSSR count). The highest BCUT2D eigenvalue weighted by atomic mass is 32.1.